The number of hydrogen-bond acceptors (Lipinski definition) is 3. The highest BCUT2D eigenvalue weighted by atomic mass is 16.5. The Labute approximate surface area is 86.2 Å². The Hall–Kier alpha value is -0.570. The van der Waals surface area contributed by atoms with Crippen molar-refractivity contribution >= 4 is 5.97 Å². The Morgan fingerprint density at radius 3 is 2.50 bits per heavy atom. The highest BCUT2D eigenvalue weighted by Gasteiger charge is 2.26. The summed E-state index contributed by atoms with van der Waals surface area (Å²) >= 11 is 0. The van der Waals surface area contributed by atoms with E-state index in [-0.39, 0.29) is 11.9 Å². The van der Waals surface area contributed by atoms with Gasteiger partial charge in [-0.2, -0.15) is 0 Å². The third-order valence-electron chi connectivity index (χ3n) is 2.94. The lowest BCUT2D eigenvalue weighted by Crippen LogP contribution is -2.35. The van der Waals surface area contributed by atoms with Gasteiger partial charge in [0.25, 0.3) is 0 Å². The molecule has 1 aliphatic carbocycles. The van der Waals surface area contributed by atoms with Gasteiger partial charge in [-0.1, -0.05) is 6.92 Å². The van der Waals surface area contributed by atoms with Crippen molar-refractivity contribution in [1.82, 2.24) is 5.32 Å². The summed E-state index contributed by atoms with van der Waals surface area (Å²) in [5, 5.41) is 3.50. The molecular weight excluding hydrogens is 178 g/mol. The summed E-state index contributed by atoms with van der Waals surface area (Å²) < 4.78 is 4.75. The molecule has 0 aromatic carbocycles. The number of esters is 1. The van der Waals surface area contributed by atoms with Crippen molar-refractivity contribution in [2.75, 3.05) is 13.7 Å². The lowest BCUT2D eigenvalue weighted by atomic mass is 9.86. The topological polar surface area (TPSA) is 38.3 Å². The minimum absolute atomic E-state index is 0.0288. The quantitative estimate of drug-likeness (QED) is 0.701. The van der Waals surface area contributed by atoms with E-state index in [9.17, 15) is 4.79 Å². The van der Waals surface area contributed by atoms with Crippen LogP contribution in [0.3, 0.4) is 0 Å². The molecule has 1 fully saturated rings. The molecule has 0 aliphatic heterocycles. The summed E-state index contributed by atoms with van der Waals surface area (Å²) in [6.45, 7) is 3.26. The van der Waals surface area contributed by atoms with Crippen LogP contribution in [0, 0.1) is 5.92 Å². The van der Waals surface area contributed by atoms with Crippen molar-refractivity contribution in [3.63, 3.8) is 0 Å². The van der Waals surface area contributed by atoms with Crippen LogP contribution in [-0.2, 0) is 9.53 Å². The lowest BCUT2D eigenvalue weighted by molar-refractivity contribution is -0.146. The standard InChI is InChI=1S/C11H21NO2/c1-3-8-12-10-6-4-9(5-7-10)11(13)14-2/h9-10,12H,3-8H2,1-2H3. The maximum absolute atomic E-state index is 11.2. The Morgan fingerprint density at radius 2 is 2.00 bits per heavy atom. The first-order valence-corrected chi connectivity index (χ1v) is 5.59. The van der Waals surface area contributed by atoms with E-state index in [0.29, 0.717) is 6.04 Å². The Balaban J connectivity index is 2.20. The van der Waals surface area contributed by atoms with Crippen molar-refractivity contribution < 1.29 is 9.53 Å². The van der Waals surface area contributed by atoms with Crippen LogP contribution in [0.15, 0.2) is 0 Å². The molecule has 1 N–H and O–H groups in total. The van der Waals surface area contributed by atoms with Crippen molar-refractivity contribution in [2.45, 2.75) is 45.1 Å². The Kier molecular flexibility index (Phi) is 4.94. The molecule has 0 saturated heterocycles. The molecule has 0 unspecified atom stereocenters. The second kappa shape index (κ2) is 6.02. The van der Waals surface area contributed by atoms with Crippen LogP contribution in [-0.4, -0.2) is 25.7 Å². The molecule has 0 heterocycles. The zero-order valence-electron chi connectivity index (χ0n) is 9.21. The molecule has 0 aromatic rings. The largest absolute Gasteiger partial charge is 0.469 e. The summed E-state index contributed by atoms with van der Waals surface area (Å²) in [6, 6.07) is 0.621. The molecule has 0 bridgehead atoms. The number of carbonyl (C=O) groups excluding carboxylic acids is 1. The van der Waals surface area contributed by atoms with Crippen LogP contribution in [0.4, 0.5) is 0 Å². The fraction of sp³-hybridized carbons (Fsp3) is 0.909. The molecule has 3 nitrogen and oxygen atoms in total. The number of methoxy groups -OCH3 is 1. The third kappa shape index (κ3) is 3.29. The van der Waals surface area contributed by atoms with E-state index in [0.717, 1.165) is 32.2 Å². The summed E-state index contributed by atoms with van der Waals surface area (Å²) in [6.07, 6.45) is 5.36. The molecule has 0 spiro atoms. The molecule has 0 amide bonds. The molecule has 1 rings (SSSR count). The van der Waals surface area contributed by atoms with Gasteiger partial charge in [-0.25, -0.2) is 0 Å². The van der Waals surface area contributed by atoms with Gasteiger partial charge in [0, 0.05) is 6.04 Å². The van der Waals surface area contributed by atoms with Gasteiger partial charge in [-0.3, -0.25) is 4.79 Å². The van der Waals surface area contributed by atoms with Gasteiger partial charge >= 0.3 is 5.97 Å². The first-order chi connectivity index (χ1) is 6.77. The fourth-order valence-electron chi connectivity index (χ4n) is 2.05. The molecule has 82 valence electrons. The highest BCUT2D eigenvalue weighted by Crippen LogP contribution is 2.25. The van der Waals surface area contributed by atoms with E-state index >= 15 is 0 Å². The predicted molar refractivity (Wildman–Crippen MR) is 56.1 cm³/mol. The zero-order chi connectivity index (χ0) is 10.4. The number of carbonyl (C=O) groups is 1. The molecule has 1 saturated carbocycles. The molecule has 1 aliphatic rings. The molecular formula is C11H21NO2. The molecule has 0 radical (unpaired) electrons. The van der Waals surface area contributed by atoms with Crippen molar-refractivity contribution in [3.8, 4) is 0 Å². The fourth-order valence-corrected chi connectivity index (χ4v) is 2.05. The van der Waals surface area contributed by atoms with Gasteiger partial charge in [0.2, 0.25) is 0 Å². The molecule has 3 heteroatoms. The van der Waals surface area contributed by atoms with Gasteiger partial charge < -0.3 is 10.1 Å². The van der Waals surface area contributed by atoms with Gasteiger partial charge in [-0.15, -0.1) is 0 Å². The maximum atomic E-state index is 11.2. The van der Waals surface area contributed by atoms with Crippen LogP contribution >= 0.6 is 0 Å². The van der Waals surface area contributed by atoms with Crippen LogP contribution in [0.1, 0.15) is 39.0 Å². The van der Waals surface area contributed by atoms with Crippen molar-refractivity contribution in [1.29, 1.82) is 0 Å². The Bertz CT molecular complexity index is 174. The molecule has 14 heavy (non-hydrogen) atoms. The lowest BCUT2D eigenvalue weighted by Gasteiger charge is -2.27. The van der Waals surface area contributed by atoms with Gasteiger partial charge in [-0.05, 0) is 38.6 Å². The average molecular weight is 199 g/mol. The van der Waals surface area contributed by atoms with Crippen molar-refractivity contribution in [3.05, 3.63) is 0 Å². The normalized spacial score (nSPS) is 27.3. The first kappa shape index (κ1) is 11.5. The number of rotatable bonds is 4. The van der Waals surface area contributed by atoms with Crippen LogP contribution in [0.5, 0.6) is 0 Å². The predicted octanol–water partition coefficient (Wildman–Crippen LogP) is 1.72. The second-order valence-corrected chi connectivity index (χ2v) is 4.03. The molecule has 0 atom stereocenters. The van der Waals surface area contributed by atoms with Gasteiger partial charge in [0.15, 0.2) is 0 Å². The van der Waals surface area contributed by atoms with E-state index in [1.165, 1.54) is 13.5 Å². The smallest absolute Gasteiger partial charge is 0.308 e. The van der Waals surface area contributed by atoms with Crippen LogP contribution in [0.25, 0.3) is 0 Å². The van der Waals surface area contributed by atoms with E-state index in [4.69, 9.17) is 4.74 Å². The van der Waals surface area contributed by atoms with Crippen LogP contribution in [0.2, 0.25) is 0 Å². The first-order valence-electron chi connectivity index (χ1n) is 5.59. The molecule has 0 aromatic heterocycles. The summed E-state index contributed by atoms with van der Waals surface area (Å²) in [7, 11) is 1.48. The Morgan fingerprint density at radius 1 is 1.36 bits per heavy atom. The SMILES string of the molecule is CCCNC1CCC(C(=O)OC)CC1. The summed E-state index contributed by atoms with van der Waals surface area (Å²) in [5.74, 6) is 0.124. The summed E-state index contributed by atoms with van der Waals surface area (Å²) in [4.78, 5) is 11.2. The van der Waals surface area contributed by atoms with Crippen LogP contribution < -0.4 is 5.32 Å². The third-order valence-corrected chi connectivity index (χ3v) is 2.94. The van der Waals surface area contributed by atoms with E-state index in [1.54, 1.807) is 0 Å². The monoisotopic (exact) mass is 199 g/mol. The summed E-state index contributed by atoms with van der Waals surface area (Å²) in [5.41, 5.74) is 0. The van der Waals surface area contributed by atoms with Crippen molar-refractivity contribution in [2.24, 2.45) is 5.92 Å². The highest BCUT2D eigenvalue weighted by molar-refractivity contribution is 5.72. The van der Waals surface area contributed by atoms with Gasteiger partial charge in [0.05, 0.1) is 13.0 Å². The minimum atomic E-state index is -0.0288. The van der Waals surface area contributed by atoms with E-state index in [1.807, 2.05) is 0 Å². The number of ether oxygens (including phenoxy) is 1. The number of hydrogen-bond donors (Lipinski definition) is 1. The maximum Gasteiger partial charge on any atom is 0.308 e. The van der Waals surface area contributed by atoms with E-state index in [2.05, 4.69) is 12.2 Å². The van der Waals surface area contributed by atoms with E-state index < -0.39 is 0 Å². The minimum Gasteiger partial charge on any atom is -0.469 e. The van der Waals surface area contributed by atoms with Gasteiger partial charge in [0.1, 0.15) is 0 Å². The zero-order valence-corrected chi connectivity index (χ0v) is 9.21. The second-order valence-electron chi connectivity index (χ2n) is 4.03. The average Bonchev–Trinajstić information content (AvgIpc) is 2.26. The number of nitrogens with one attached hydrogen (secondary N) is 1.